The first-order valence-electron chi connectivity index (χ1n) is 3.99. The zero-order valence-electron chi connectivity index (χ0n) is 7.50. The Morgan fingerprint density at radius 3 is 2.27 bits per heavy atom. The van der Waals surface area contributed by atoms with Crippen molar-refractivity contribution in [1.82, 2.24) is 0 Å². The molecule has 0 aliphatic heterocycles. The van der Waals surface area contributed by atoms with Crippen LogP contribution in [0.25, 0.3) is 0 Å². The van der Waals surface area contributed by atoms with Crippen LogP contribution in [0.1, 0.15) is 33.6 Å². The second-order valence-electron chi connectivity index (χ2n) is 2.40. The van der Waals surface area contributed by atoms with Gasteiger partial charge in [0.1, 0.15) is 0 Å². The highest BCUT2D eigenvalue weighted by atomic mass is 79.9. The summed E-state index contributed by atoms with van der Waals surface area (Å²) in [7, 11) is 0. The molecule has 0 rings (SSSR count). The van der Waals surface area contributed by atoms with Gasteiger partial charge in [0, 0.05) is 5.57 Å². The van der Waals surface area contributed by atoms with Crippen molar-refractivity contribution in [3.05, 3.63) is 11.1 Å². The number of rotatable bonds is 2. The molecule has 0 saturated carbocycles. The standard InChI is InChI=1S/C10H15Br/c1-4-9(3)10(5-2)7-6-8-11/h4-5,8H2,1-3H3/b10-9-. The van der Waals surface area contributed by atoms with Crippen LogP contribution in [0.4, 0.5) is 0 Å². The van der Waals surface area contributed by atoms with Crippen molar-refractivity contribution in [3.8, 4) is 11.8 Å². The minimum atomic E-state index is 0.771. The molecule has 0 aliphatic rings. The monoisotopic (exact) mass is 214 g/mol. The maximum Gasteiger partial charge on any atom is 0.0649 e. The minimum absolute atomic E-state index is 0.771. The van der Waals surface area contributed by atoms with Crippen molar-refractivity contribution in [2.45, 2.75) is 33.6 Å². The minimum Gasteiger partial charge on any atom is -0.0867 e. The molecular weight excluding hydrogens is 200 g/mol. The number of halogens is 1. The van der Waals surface area contributed by atoms with E-state index in [1.807, 2.05) is 0 Å². The molecule has 62 valence electrons. The second-order valence-corrected chi connectivity index (χ2v) is 2.96. The van der Waals surface area contributed by atoms with E-state index < -0.39 is 0 Å². The van der Waals surface area contributed by atoms with Crippen molar-refractivity contribution in [1.29, 1.82) is 0 Å². The average Bonchev–Trinajstić information content (AvgIpc) is 2.05. The van der Waals surface area contributed by atoms with Gasteiger partial charge in [0.05, 0.1) is 5.33 Å². The van der Waals surface area contributed by atoms with Crippen LogP contribution in [-0.2, 0) is 0 Å². The largest absolute Gasteiger partial charge is 0.0867 e. The number of hydrogen-bond donors (Lipinski definition) is 0. The Morgan fingerprint density at radius 2 is 1.91 bits per heavy atom. The van der Waals surface area contributed by atoms with E-state index in [-0.39, 0.29) is 0 Å². The van der Waals surface area contributed by atoms with E-state index in [2.05, 4.69) is 48.5 Å². The molecule has 0 atom stereocenters. The van der Waals surface area contributed by atoms with E-state index in [0.29, 0.717) is 0 Å². The van der Waals surface area contributed by atoms with Crippen molar-refractivity contribution in [2.24, 2.45) is 0 Å². The third-order valence-corrected chi connectivity index (χ3v) is 1.99. The summed E-state index contributed by atoms with van der Waals surface area (Å²) in [6.07, 6.45) is 2.17. The summed E-state index contributed by atoms with van der Waals surface area (Å²) in [5.41, 5.74) is 2.72. The average molecular weight is 215 g/mol. The lowest BCUT2D eigenvalue weighted by molar-refractivity contribution is 1.02. The van der Waals surface area contributed by atoms with Gasteiger partial charge >= 0.3 is 0 Å². The van der Waals surface area contributed by atoms with Gasteiger partial charge < -0.3 is 0 Å². The Labute approximate surface area is 78.2 Å². The lowest BCUT2D eigenvalue weighted by Gasteiger charge is -1.99. The summed E-state index contributed by atoms with van der Waals surface area (Å²) < 4.78 is 0. The van der Waals surface area contributed by atoms with E-state index in [1.54, 1.807) is 0 Å². The van der Waals surface area contributed by atoms with Crippen molar-refractivity contribution >= 4 is 15.9 Å². The van der Waals surface area contributed by atoms with Gasteiger partial charge in [0.25, 0.3) is 0 Å². The molecule has 0 saturated heterocycles. The Hall–Kier alpha value is -0.220. The fourth-order valence-corrected chi connectivity index (χ4v) is 0.991. The number of alkyl halides is 1. The maximum atomic E-state index is 3.28. The molecule has 0 nitrogen and oxygen atoms in total. The Kier molecular flexibility index (Phi) is 6.36. The zero-order valence-corrected chi connectivity index (χ0v) is 9.09. The highest BCUT2D eigenvalue weighted by Crippen LogP contribution is 2.09. The predicted octanol–water partition coefficient (Wildman–Crippen LogP) is 3.52. The first kappa shape index (κ1) is 10.8. The molecule has 0 aromatic rings. The van der Waals surface area contributed by atoms with Crippen LogP contribution < -0.4 is 0 Å². The fourth-order valence-electron chi connectivity index (χ4n) is 0.850. The molecule has 0 aliphatic carbocycles. The van der Waals surface area contributed by atoms with E-state index in [1.165, 1.54) is 11.1 Å². The van der Waals surface area contributed by atoms with Gasteiger partial charge in [-0.15, -0.1) is 0 Å². The van der Waals surface area contributed by atoms with Crippen LogP contribution in [0.5, 0.6) is 0 Å². The molecule has 0 spiro atoms. The van der Waals surface area contributed by atoms with E-state index in [9.17, 15) is 0 Å². The zero-order chi connectivity index (χ0) is 8.69. The van der Waals surface area contributed by atoms with Crippen LogP contribution in [-0.4, -0.2) is 5.33 Å². The molecule has 0 aromatic heterocycles. The maximum absolute atomic E-state index is 3.28. The second kappa shape index (κ2) is 6.49. The van der Waals surface area contributed by atoms with Gasteiger partial charge in [-0.2, -0.15) is 0 Å². The van der Waals surface area contributed by atoms with Gasteiger partial charge in [-0.1, -0.05) is 47.2 Å². The summed E-state index contributed by atoms with van der Waals surface area (Å²) in [6.45, 7) is 6.47. The number of allylic oxidation sites excluding steroid dienone is 2. The van der Waals surface area contributed by atoms with Crippen LogP contribution in [0.15, 0.2) is 11.1 Å². The highest BCUT2D eigenvalue weighted by Gasteiger charge is 1.92. The first-order chi connectivity index (χ1) is 5.26. The molecule has 0 bridgehead atoms. The molecule has 0 radical (unpaired) electrons. The Morgan fingerprint density at radius 1 is 1.27 bits per heavy atom. The molecule has 0 amide bonds. The van der Waals surface area contributed by atoms with Crippen molar-refractivity contribution in [2.75, 3.05) is 5.33 Å². The van der Waals surface area contributed by atoms with Crippen LogP contribution in [0, 0.1) is 11.8 Å². The topological polar surface area (TPSA) is 0 Å². The summed E-state index contributed by atoms with van der Waals surface area (Å²) in [5, 5.41) is 0.771. The fraction of sp³-hybridized carbons (Fsp3) is 0.600. The van der Waals surface area contributed by atoms with Gasteiger partial charge in [-0.25, -0.2) is 0 Å². The van der Waals surface area contributed by atoms with Crippen LogP contribution >= 0.6 is 15.9 Å². The highest BCUT2D eigenvalue weighted by molar-refractivity contribution is 9.09. The quantitative estimate of drug-likeness (QED) is 0.488. The van der Waals surface area contributed by atoms with E-state index >= 15 is 0 Å². The molecule has 0 unspecified atom stereocenters. The molecule has 0 aromatic carbocycles. The molecule has 0 N–H and O–H groups in total. The van der Waals surface area contributed by atoms with Gasteiger partial charge in [-0.05, 0) is 19.8 Å². The van der Waals surface area contributed by atoms with Crippen LogP contribution in [0.2, 0.25) is 0 Å². The summed E-state index contributed by atoms with van der Waals surface area (Å²) >= 11 is 3.28. The SMILES string of the molecule is CC/C(C)=C(\C#CCBr)CC. The molecule has 11 heavy (non-hydrogen) atoms. The smallest absolute Gasteiger partial charge is 0.0649 e. The summed E-state index contributed by atoms with van der Waals surface area (Å²) in [5.74, 6) is 6.18. The predicted molar refractivity (Wildman–Crippen MR) is 54.9 cm³/mol. The first-order valence-corrected chi connectivity index (χ1v) is 5.11. The van der Waals surface area contributed by atoms with E-state index in [0.717, 1.165) is 18.2 Å². The van der Waals surface area contributed by atoms with Crippen molar-refractivity contribution < 1.29 is 0 Å². The number of hydrogen-bond acceptors (Lipinski definition) is 0. The lowest BCUT2D eigenvalue weighted by atomic mass is 10.1. The third-order valence-electron chi connectivity index (χ3n) is 1.71. The van der Waals surface area contributed by atoms with Gasteiger partial charge in [0.2, 0.25) is 0 Å². The van der Waals surface area contributed by atoms with Crippen molar-refractivity contribution in [3.63, 3.8) is 0 Å². The van der Waals surface area contributed by atoms with Gasteiger partial charge in [0.15, 0.2) is 0 Å². The Bertz CT molecular complexity index is 191. The molecule has 1 heteroatoms. The molecule has 0 fully saturated rings. The summed E-state index contributed by atoms with van der Waals surface area (Å²) in [4.78, 5) is 0. The molecular formula is C10H15Br. The normalized spacial score (nSPS) is 11.6. The summed E-state index contributed by atoms with van der Waals surface area (Å²) in [6, 6.07) is 0. The third kappa shape index (κ3) is 4.27. The van der Waals surface area contributed by atoms with E-state index in [4.69, 9.17) is 0 Å². The Balaban J connectivity index is 4.38. The molecule has 0 heterocycles. The van der Waals surface area contributed by atoms with Gasteiger partial charge in [-0.3, -0.25) is 0 Å². The lowest BCUT2D eigenvalue weighted by Crippen LogP contribution is -1.83. The van der Waals surface area contributed by atoms with Crippen LogP contribution in [0.3, 0.4) is 0 Å².